The first-order valence-corrected chi connectivity index (χ1v) is 11.1. The zero-order valence-corrected chi connectivity index (χ0v) is 19.2. The fourth-order valence-corrected chi connectivity index (χ4v) is 3.86. The summed E-state index contributed by atoms with van der Waals surface area (Å²) in [6, 6.07) is 10.6. The third-order valence-electron chi connectivity index (χ3n) is 5.68. The average Bonchev–Trinajstić information content (AvgIpc) is 2.83. The number of hydrogen-bond acceptors (Lipinski definition) is 1. The van der Waals surface area contributed by atoms with E-state index in [-0.39, 0.29) is 11.1 Å². The third-order valence-corrected chi connectivity index (χ3v) is 5.68. The van der Waals surface area contributed by atoms with E-state index in [9.17, 15) is 35.1 Å². The van der Waals surface area contributed by atoms with E-state index in [0.717, 1.165) is 30.2 Å². The van der Waals surface area contributed by atoms with Gasteiger partial charge in [0.15, 0.2) is 23.3 Å². The number of hydrogen-bond donors (Lipinski definition) is 0. The monoisotopic (exact) mass is 522 g/mol. The van der Waals surface area contributed by atoms with Gasteiger partial charge in [-0.1, -0.05) is 43.7 Å². The van der Waals surface area contributed by atoms with E-state index in [1.54, 1.807) is 6.07 Å². The van der Waals surface area contributed by atoms with E-state index in [4.69, 9.17) is 0 Å². The Morgan fingerprint density at radius 3 is 1.95 bits per heavy atom. The van der Waals surface area contributed by atoms with Gasteiger partial charge < -0.3 is 4.74 Å². The lowest BCUT2D eigenvalue weighted by molar-refractivity contribution is -0.187. The van der Waals surface area contributed by atoms with Crippen molar-refractivity contribution >= 4 is 0 Å². The highest BCUT2D eigenvalue weighted by Gasteiger charge is 2.39. The Bertz CT molecular complexity index is 1470. The normalized spacial score (nSPS) is 11.6. The van der Waals surface area contributed by atoms with E-state index in [1.807, 2.05) is 6.92 Å². The lowest BCUT2D eigenvalue weighted by atomic mass is 9.96. The molecule has 0 aliphatic rings. The van der Waals surface area contributed by atoms with Crippen molar-refractivity contribution in [3.63, 3.8) is 0 Å². The minimum Gasteiger partial charge on any atom is -0.429 e. The quantitative estimate of drug-likeness (QED) is 0.220. The summed E-state index contributed by atoms with van der Waals surface area (Å²) in [5.74, 6) is -9.05. The molecule has 4 aromatic rings. The maximum atomic E-state index is 14.9. The predicted molar refractivity (Wildman–Crippen MR) is 122 cm³/mol. The number of halogens is 8. The summed E-state index contributed by atoms with van der Waals surface area (Å²) in [5, 5.41) is 0. The second-order valence-electron chi connectivity index (χ2n) is 8.24. The topological polar surface area (TPSA) is 9.23 Å². The van der Waals surface area contributed by atoms with Crippen LogP contribution in [0, 0.1) is 34.9 Å². The number of rotatable bonds is 7. The Labute approximate surface area is 207 Å². The largest absolute Gasteiger partial charge is 0.429 e. The summed E-state index contributed by atoms with van der Waals surface area (Å²) in [6.07, 6.45) is -3.00. The van der Waals surface area contributed by atoms with Gasteiger partial charge in [-0.05, 0) is 47.9 Å². The summed E-state index contributed by atoms with van der Waals surface area (Å²) in [7, 11) is 0. The van der Waals surface area contributed by atoms with Crippen molar-refractivity contribution in [1.29, 1.82) is 0 Å². The minimum absolute atomic E-state index is 0.0984. The van der Waals surface area contributed by atoms with Gasteiger partial charge in [-0.3, -0.25) is 0 Å². The average molecular weight is 522 g/mol. The molecular formula is C28H18F8O. The van der Waals surface area contributed by atoms with Gasteiger partial charge in [0, 0.05) is 22.8 Å². The highest BCUT2D eigenvalue weighted by molar-refractivity contribution is 5.72. The van der Waals surface area contributed by atoms with E-state index in [0.29, 0.717) is 30.7 Å². The van der Waals surface area contributed by atoms with Gasteiger partial charge in [0.05, 0.1) is 0 Å². The number of benzene rings is 4. The van der Waals surface area contributed by atoms with Crippen molar-refractivity contribution in [1.82, 2.24) is 0 Å². The van der Waals surface area contributed by atoms with Crippen molar-refractivity contribution in [2.75, 3.05) is 0 Å². The fraction of sp³-hybridized carbons (Fsp3) is 0.143. The van der Waals surface area contributed by atoms with Crippen LogP contribution in [0.3, 0.4) is 0 Å². The fourth-order valence-electron chi connectivity index (χ4n) is 3.86. The lowest BCUT2D eigenvalue weighted by Gasteiger charge is -2.20. The molecule has 4 rings (SSSR count). The lowest BCUT2D eigenvalue weighted by Crippen LogP contribution is -2.24. The smallest absolute Gasteiger partial charge is 0.429 e. The molecule has 192 valence electrons. The van der Waals surface area contributed by atoms with Crippen LogP contribution in [0.15, 0.2) is 66.7 Å². The van der Waals surface area contributed by atoms with E-state index in [2.05, 4.69) is 4.74 Å². The van der Waals surface area contributed by atoms with E-state index in [1.165, 1.54) is 18.2 Å². The first-order chi connectivity index (χ1) is 17.5. The van der Waals surface area contributed by atoms with Crippen LogP contribution in [0.1, 0.15) is 24.5 Å². The molecule has 0 radical (unpaired) electrons. The van der Waals surface area contributed by atoms with Gasteiger partial charge in [-0.2, -0.15) is 8.78 Å². The molecular weight excluding hydrogens is 504 g/mol. The second kappa shape index (κ2) is 10.2. The molecule has 0 aromatic heterocycles. The third kappa shape index (κ3) is 5.30. The Morgan fingerprint density at radius 2 is 1.30 bits per heavy atom. The van der Waals surface area contributed by atoms with Gasteiger partial charge in [-0.25, -0.2) is 26.3 Å². The van der Waals surface area contributed by atoms with E-state index < -0.39 is 63.5 Å². The Kier molecular flexibility index (Phi) is 7.25. The Balaban J connectivity index is 1.65. The van der Waals surface area contributed by atoms with Crippen molar-refractivity contribution < 1.29 is 39.9 Å². The van der Waals surface area contributed by atoms with Crippen LogP contribution in [-0.2, 0) is 12.5 Å². The zero-order valence-electron chi connectivity index (χ0n) is 19.2. The zero-order chi connectivity index (χ0) is 26.9. The van der Waals surface area contributed by atoms with Gasteiger partial charge in [-0.15, -0.1) is 0 Å². The van der Waals surface area contributed by atoms with Crippen LogP contribution in [0.5, 0.6) is 5.75 Å². The molecule has 0 atom stereocenters. The number of alkyl halides is 2. The number of ether oxygens (including phenoxy) is 1. The molecule has 0 saturated heterocycles. The molecule has 0 heterocycles. The molecule has 0 unspecified atom stereocenters. The maximum absolute atomic E-state index is 14.9. The van der Waals surface area contributed by atoms with Crippen LogP contribution < -0.4 is 4.74 Å². The molecule has 0 N–H and O–H groups in total. The van der Waals surface area contributed by atoms with Crippen LogP contribution in [0.25, 0.3) is 22.3 Å². The van der Waals surface area contributed by atoms with E-state index >= 15 is 0 Å². The molecule has 1 nitrogen and oxygen atoms in total. The van der Waals surface area contributed by atoms with Crippen LogP contribution in [0.2, 0.25) is 0 Å². The molecule has 9 heteroatoms. The molecule has 0 aliphatic carbocycles. The summed E-state index contributed by atoms with van der Waals surface area (Å²) in [4.78, 5) is 0. The minimum atomic E-state index is -4.47. The second-order valence-corrected chi connectivity index (χ2v) is 8.24. The van der Waals surface area contributed by atoms with Crippen molar-refractivity contribution in [2.45, 2.75) is 25.9 Å². The summed E-state index contributed by atoms with van der Waals surface area (Å²) in [5.41, 5.74) is -1.63. The molecule has 0 spiro atoms. The highest BCUT2D eigenvalue weighted by Crippen LogP contribution is 2.38. The summed E-state index contributed by atoms with van der Waals surface area (Å²) >= 11 is 0. The van der Waals surface area contributed by atoms with Crippen LogP contribution in [0.4, 0.5) is 35.1 Å². The molecule has 0 amide bonds. The van der Waals surface area contributed by atoms with Crippen molar-refractivity contribution in [2.24, 2.45) is 0 Å². The molecule has 4 aromatic carbocycles. The van der Waals surface area contributed by atoms with Gasteiger partial charge in [0.25, 0.3) is 0 Å². The number of aryl methyl sites for hydroxylation is 1. The Hall–Kier alpha value is -3.88. The maximum Gasteiger partial charge on any atom is 0.429 e. The van der Waals surface area contributed by atoms with Crippen LogP contribution in [-0.4, -0.2) is 0 Å². The van der Waals surface area contributed by atoms with Gasteiger partial charge >= 0.3 is 6.11 Å². The molecule has 0 fully saturated rings. The van der Waals surface area contributed by atoms with Crippen molar-refractivity contribution in [3.8, 4) is 28.0 Å². The first-order valence-electron chi connectivity index (χ1n) is 11.1. The Morgan fingerprint density at radius 1 is 0.622 bits per heavy atom. The molecule has 0 aliphatic heterocycles. The highest BCUT2D eigenvalue weighted by atomic mass is 19.3. The van der Waals surface area contributed by atoms with Crippen molar-refractivity contribution in [3.05, 3.63) is 113 Å². The molecule has 37 heavy (non-hydrogen) atoms. The van der Waals surface area contributed by atoms with Crippen LogP contribution >= 0.6 is 0 Å². The SMILES string of the molecule is CCCc1ccc(-c2ccc(-c3ccc(C(F)(F)Oc4ccc(F)c(F)c4)c(F)c3F)c(F)c2)c(F)c1. The van der Waals surface area contributed by atoms with Gasteiger partial charge in [0.2, 0.25) is 0 Å². The summed E-state index contributed by atoms with van der Waals surface area (Å²) < 4.78 is 119. The molecule has 0 bridgehead atoms. The standard InChI is InChI=1S/C28H18F8O/c1-2-3-15-4-7-18(23(30)12-15)16-5-8-19(24(31)13-16)20-9-10-21(27(34)26(20)33)28(35,36)37-17-6-11-22(29)25(32)14-17/h4-14H,2-3H2,1H3. The summed E-state index contributed by atoms with van der Waals surface area (Å²) in [6.45, 7) is 1.94. The predicted octanol–water partition coefficient (Wildman–Crippen LogP) is 8.94. The molecule has 0 saturated carbocycles. The van der Waals surface area contributed by atoms with Gasteiger partial charge in [0.1, 0.15) is 22.9 Å². The first kappa shape index (κ1) is 26.2.